The number of rotatable bonds is 7. The first-order chi connectivity index (χ1) is 17.1. The van der Waals surface area contributed by atoms with Gasteiger partial charge in [0.15, 0.2) is 10.9 Å². The molecule has 0 atom stereocenters. The van der Waals surface area contributed by atoms with Crippen LogP contribution in [0.5, 0.6) is 0 Å². The van der Waals surface area contributed by atoms with Crippen LogP contribution in [0.1, 0.15) is 5.56 Å². The van der Waals surface area contributed by atoms with E-state index in [9.17, 15) is 13.6 Å². The SMILES string of the molecule is Cl.O=C(Cc1ccc(-c2ccccc2)cc1)N(CCN1CCOCC1)c1nc2c(F)cc(F)cc2s1. The molecule has 0 bridgehead atoms. The number of hydrogen-bond acceptors (Lipinski definition) is 5. The van der Waals surface area contributed by atoms with Crippen LogP contribution < -0.4 is 4.90 Å². The molecule has 0 saturated carbocycles. The maximum Gasteiger partial charge on any atom is 0.233 e. The maximum absolute atomic E-state index is 14.3. The molecule has 1 aliphatic rings. The summed E-state index contributed by atoms with van der Waals surface area (Å²) in [5, 5.41) is 0.378. The van der Waals surface area contributed by atoms with Gasteiger partial charge in [0.2, 0.25) is 5.91 Å². The fraction of sp³-hybridized carbons (Fsp3) is 0.259. The Morgan fingerprint density at radius 2 is 1.69 bits per heavy atom. The zero-order valence-electron chi connectivity index (χ0n) is 19.5. The van der Waals surface area contributed by atoms with E-state index < -0.39 is 11.6 Å². The van der Waals surface area contributed by atoms with E-state index in [-0.39, 0.29) is 30.3 Å². The molecule has 188 valence electrons. The van der Waals surface area contributed by atoms with Gasteiger partial charge in [-0.1, -0.05) is 65.9 Å². The summed E-state index contributed by atoms with van der Waals surface area (Å²) in [6.07, 6.45) is 0.185. The zero-order chi connectivity index (χ0) is 24.2. The Labute approximate surface area is 218 Å². The molecular weight excluding hydrogens is 504 g/mol. The van der Waals surface area contributed by atoms with Crippen LogP contribution in [0.3, 0.4) is 0 Å². The van der Waals surface area contributed by atoms with E-state index in [4.69, 9.17) is 4.74 Å². The van der Waals surface area contributed by atoms with E-state index in [2.05, 4.69) is 9.88 Å². The van der Waals surface area contributed by atoms with Crippen molar-refractivity contribution in [2.75, 3.05) is 44.3 Å². The molecule has 4 aromatic rings. The highest BCUT2D eigenvalue weighted by Crippen LogP contribution is 2.31. The average Bonchev–Trinajstić information content (AvgIpc) is 3.30. The predicted molar refractivity (Wildman–Crippen MR) is 142 cm³/mol. The predicted octanol–water partition coefficient (Wildman–Crippen LogP) is 5.57. The lowest BCUT2D eigenvalue weighted by Gasteiger charge is -2.29. The van der Waals surface area contributed by atoms with Crippen molar-refractivity contribution in [3.05, 3.63) is 83.9 Å². The lowest BCUT2D eigenvalue weighted by molar-refractivity contribution is -0.118. The quantitative estimate of drug-likeness (QED) is 0.314. The number of amides is 1. The number of nitrogens with zero attached hydrogens (tertiary/aromatic N) is 3. The van der Waals surface area contributed by atoms with Crippen LogP contribution in [0.2, 0.25) is 0 Å². The van der Waals surface area contributed by atoms with Gasteiger partial charge in [0.1, 0.15) is 11.3 Å². The van der Waals surface area contributed by atoms with Gasteiger partial charge in [0.05, 0.1) is 24.3 Å². The monoisotopic (exact) mass is 529 g/mol. The Morgan fingerprint density at radius 1 is 1.00 bits per heavy atom. The summed E-state index contributed by atoms with van der Waals surface area (Å²) in [6, 6.07) is 20.0. The fourth-order valence-electron chi connectivity index (χ4n) is 4.17. The number of ether oxygens (including phenoxy) is 1. The van der Waals surface area contributed by atoms with E-state index in [0.29, 0.717) is 36.1 Å². The molecule has 0 unspecified atom stereocenters. The minimum Gasteiger partial charge on any atom is -0.379 e. The van der Waals surface area contributed by atoms with Crippen molar-refractivity contribution in [1.82, 2.24) is 9.88 Å². The molecule has 1 aliphatic heterocycles. The number of halogens is 3. The maximum atomic E-state index is 14.3. The Bertz CT molecular complexity index is 1310. The number of benzene rings is 3. The van der Waals surface area contributed by atoms with Gasteiger partial charge in [0.25, 0.3) is 0 Å². The molecule has 5 nitrogen and oxygen atoms in total. The largest absolute Gasteiger partial charge is 0.379 e. The molecule has 0 N–H and O–H groups in total. The zero-order valence-corrected chi connectivity index (χ0v) is 21.2. The molecule has 3 aromatic carbocycles. The van der Waals surface area contributed by atoms with Crippen LogP contribution in [0.15, 0.2) is 66.7 Å². The van der Waals surface area contributed by atoms with E-state index >= 15 is 0 Å². The van der Waals surface area contributed by atoms with Gasteiger partial charge in [-0.05, 0) is 22.8 Å². The molecule has 2 heterocycles. The summed E-state index contributed by atoms with van der Waals surface area (Å²) in [4.78, 5) is 21.7. The van der Waals surface area contributed by atoms with E-state index in [1.165, 1.54) is 6.07 Å². The number of aromatic nitrogens is 1. The first kappa shape index (κ1) is 26.2. The number of thiazole rings is 1. The standard InChI is InChI=1S/C27H25F2N3O2S.ClH/c28-22-17-23(29)26-24(18-22)35-27(30-26)32(11-10-31-12-14-34-15-13-31)25(33)16-19-6-8-21(9-7-19)20-4-2-1-3-5-20;/h1-9,17-18H,10-16H2;1H. The van der Waals surface area contributed by atoms with E-state index in [1.807, 2.05) is 54.6 Å². The Balaban J connectivity index is 0.00000304. The van der Waals surface area contributed by atoms with Gasteiger partial charge in [0, 0.05) is 32.2 Å². The Hall–Kier alpha value is -2.91. The highest BCUT2D eigenvalue weighted by atomic mass is 35.5. The third-order valence-corrected chi connectivity index (χ3v) is 7.12. The normalized spacial score (nSPS) is 13.9. The number of carbonyl (C=O) groups excluding carboxylic acids is 1. The number of anilines is 1. The van der Waals surface area contributed by atoms with Crippen molar-refractivity contribution in [2.45, 2.75) is 6.42 Å². The first-order valence-electron chi connectivity index (χ1n) is 11.6. The summed E-state index contributed by atoms with van der Waals surface area (Å²) in [7, 11) is 0. The van der Waals surface area contributed by atoms with Gasteiger partial charge in [-0.3, -0.25) is 14.6 Å². The van der Waals surface area contributed by atoms with Crippen molar-refractivity contribution < 1.29 is 18.3 Å². The second kappa shape index (κ2) is 11.9. The summed E-state index contributed by atoms with van der Waals surface area (Å²) < 4.78 is 33.8. The van der Waals surface area contributed by atoms with Crippen LogP contribution in [-0.2, 0) is 16.0 Å². The van der Waals surface area contributed by atoms with Crippen molar-refractivity contribution in [2.24, 2.45) is 0 Å². The Kier molecular flexibility index (Phi) is 8.64. The average molecular weight is 530 g/mol. The second-order valence-corrected chi connectivity index (χ2v) is 9.48. The number of carbonyl (C=O) groups is 1. The van der Waals surface area contributed by atoms with Gasteiger partial charge in [-0.25, -0.2) is 13.8 Å². The molecule has 0 radical (unpaired) electrons. The van der Waals surface area contributed by atoms with Crippen LogP contribution in [-0.4, -0.2) is 55.2 Å². The summed E-state index contributed by atoms with van der Waals surface area (Å²) >= 11 is 1.13. The second-order valence-electron chi connectivity index (χ2n) is 8.47. The molecule has 5 rings (SSSR count). The smallest absolute Gasteiger partial charge is 0.233 e. The molecule has 0 aliphatic carbocycles. The Morgan fingerprint density at radius 3 is 2.42 bits per heavy atom. The van der Waals surface area contributed by atoms with E-state index in [1.54, 1.807) is 4.90 Å². The van der Waals surface area contributed by atoms with E-state index in [0.717, 1.165) is 47.2 Å². The molecule has 1 saturated heterocycles. The van der Waals surface area contributed by atoms with Crippen molar-refractivity contribution in [1.29, 1.82) is 0 Å². The highest BCUT2D eigenvalue weighted by molar-refractivity contribution is 7.22. The van der Waals surface area contributed by atoms with Gasteiger partial charge in [-0.2, -0.15) is 0 Å². The molecule has 1 amide bonds. The van der Waals surface area contributed by atoms with Crippen molar-refractivity contribution in [3.63, 3.8) is 0 Å². The number of hydrogen-bond donors (Lipinski definition) is 0. The van der Waals surface area contributed by atoms with Gasteiger partial charge < -0.3 is 4.74 Å². The molecule has 1 fully saturated rings. The van der Waals surface area contributed by atoms with Crippen LogP contribution in [0.4, 0.5) is 13.9 Å². The summed E-state index contributed by atoms with van der Waals surface area (Å²) in [5.74, 6) is -1.51. The van der Waals surface area contributed by atoms with Crippen molar-refractivity contribution >= 4 is 45.0 Å². The minimum atomic E-state index is -0.723. The topological polar surface area (TPSA) is 45.7 Å². The fourth-order valence-corrected chi connectivity index (χ4v) is 5.22. The lowest BCUT2D eigenvalue weighted by Crippen LogP contribution is -2.43. The molecular formula is C27H26ClF2N3O2S. The lowest BCUT2D eigenvalue weighted by atomic mass is 10.0. The highest BCUT2D eigenvalue weighted by Gasteiger charge is 2.23. The molecule has 36 heavy (non-hydrogen) atoms. The van der Waals surface area contributed by atoms with Crippen molar-refractivity contribution in [3.8, 4) is 11.1 Å². The summed E-state index contributed by atoms with van der Waals surface area (Å²) in [5.41, 5.74) is 3.16. The third-order valence-electron chi connectivity index (χ3n) is 6.09. The van der Waals surface area contributed by atoms with Gasteiger partial charge in [-0.15, -0.1) is 12.4 Å². The molecule has 9 heteroatoms. The number of morpholine rings is 1. The minimum absolute atomic E-state index is 0. The van der Waals surface area contributed by atoms with Gasteiger partial charge >= 0.3 is 0 Å². The molecule has 0 spiro atoms. The van der Waals surface area contributed by atoms with Crippen LogP contribution in [0, 0.1) is 11.6 Å². The molecule has 1 aromatic heterocycles. The third kappa shape index (κ3) is 6.07. The first-order valence-corrected chi connectivity index (χ1v) is 12.4. The number of fused-ring (bicyclic) bond motifs is 1. The summed E-state index contributed by atoms with van der Waals surface area (Å²) in [6.45, 7) is 3.96. The van der Waals surface area contributed by atoms with Crippen LogP contribution in [0.25, 0.3) is 21.3 Å². The van der Waals surface area contributed by atoms with Crippen LogP contribution >= 0.6 is 23.7 Å².